The average molecular weight is 183 g/mol. The molecule has 0 atom stereocenters. The van der Waals surface area contributed by atoms with Gasteiger partial charge in [0.2, 0.25) is 0 Å². The van der Waals surface area contributed by atoms with Crippen LogP contribution in [0.4, 0.5) is 0 Å². The van der Waals surface area contributed by atoms with Gasteiger partial charge >= 0.3 is 0 Å². The van der Waals surface area contributed by atoms with E-state index in [0.29, 0.717) is 0 Å². The fourth-order valence-corrected chi connectivity index (χ4v) is 1.14. The van der Waals surface area contributed by atoms with E-state index in [-0.39, 0.29) is 0 Å². The normalized spacial score (nSPS) is 20.5. The highest BCUT2D eigenvalue weighted by atomic mass is 16.5. The van der Waals surface area contributed by atoms with Gasteiger partial charge in [-0.1, -0.05) is 0 Å². The third kappa shape index (κ3) is 3.38. The van der Waals surface area contributed by atoms with Gasteiger partial charge in [-0.2, -0.15) is 0 Å². The van der Waals surface area contributed by atoms with Crippen LogP contribution in [0.1, 0.15) is 6.92 Å². The molecule has 0 radical (unpaired) electrons. The summed E-state index contributed by atoms with van der Waals surface area (Å²) in [5.41, 5.74) is 12.1. The fraction of sp³-hybridized carbons (Fsp3) is 0.556. The Labute approximate surface area is 78.8 Å². The number of rotatable bonds is 2. The minimum Gasteiger partial charge on any atom is -0.402 e. The number of nitrogens with two attached hydrogens (primary N) is 2. The third-order valence-electron chi connectivity index (χ3n) is 1.89. The highest BCUT2D eigenvalue weighted by Crippen LogP contribution is 2.02. The van der Waals surface area contributed by atoms with Crippen LogP contribution in [0.3, 0.4) is 0 Å². The quantitative estimate of drug-likeness (QED) is 0.591. The van der Waals surface area contributed by atoms with Crippen molar-refractivity contribution in [2.45, 2.75) is 6.92 Å². The molecular formula is C9H17N3O. The van der Waals surface area contributed by atoms with E-state index in [4.69, 9.17) is 16.2 Å². The number of hydrogen-bond donors (Lipinski definition) is 2. The molecule has 13 heavy (non-hydrogen) atoms. The first kappa shape index (κ1) is 9.92. The lowest BCUT2D eigenvalue weighted by Gasteiger charge is -2.28. The molecule has 1 saturated heterocycles. The van der Waals surface area contributed by atoms with Crippen LogP contribution in [0.5, 0.6) is 0 Å². The molecule has 4 nitrogen and oxygen atoms in total. The zero-order valence-electron chi connectivity index (χ0n) is 7.99. The van der Waals surface area contributed by atoms with E-state index in [0.717, 1.165) is 37.8 Å². The number of nitrogens with zero attached hydrogens (tertiary/aromatic N) is 1. The molecule has 0 aromatic heterocycles. The second-order valence-corrected chi connectivity index (χ2v) is 3.10. The van der Waals surface area contributed by atoms with Crippen molar-refractivity contribution in [1.29, 1.82) is 0 Å². The monoisotopic (exact) mass is 183 g/mol. The Morgan fingerprint density at radius 2 is 1.85 bits per heavy atom. The van der Waals surface area contributed by atoms with E-state index in [2.05, 4.69) is 4.90 Å². The number of morpholine rings is 1. The molecular weight excluding hydrogens is 166 g/mol. The molecule has 4 N–H and O–H groups in total. The van der Waals surface area contributed by atoms with E-state index in [1.807, 2.05) is 19.1 Å². The van der Waals surface area contributed by atoms with Crippen LogP contribution in [-0.2, 0) is 4.74 Å². The van der Waals surface area contributed by atoms with E-state index in [1.165, 1.54) is 0 Å². The highest BCUT2D eigenvalue weighted by Gasteiger charge is 2.09. The van der Waals surface area contributed by atoms with Gasteiger partial charge in [0.25, 0.3) is 0 Å². The number of allylic oxidation sites excluding steroid dienone is 3. The molecule has 0 unspecified atom stereocenters. The van der Waals surface area contributed by atoms with Crippen molar-refractivity contribution in [3.8, 4) is 0 Å². The van der Waals surface area contributed by atoms with Crippen molar-refractivity contribution in [3.63, 3.8) is 0 Å². The Hall–Kier alpha value is -1.16. The Morgan fingerprint density at radius 1 is 1.23 bits per heavy atom. The van der Waals surface area contributed by atoms with Crippen molar-refractivity contribution in [2.75, 3.05) is 26.3 Å². The van der Waals surface area contributed by atoms with Crippen molar-refractivity contribution < 1.29 is 4.74 Å². The Bertz CT molecular complexity index is 213. The summed E-state index contributed by atoms with van der Waals surface area (Å²) in [6.07, 6.45) is 3.64. The summed E-state index contributed by atoms with van der Waals surface area (Å²) in [6, 6.07) is 0. The largest absolute Gasteiger partial charge is 0.402 e. The van der Waals surface area contributed by atoms with Crippen LogP contribution in [0, 0.1) is 0 Å². The summed E-state index contributed by atoms with van der Waals surface area (Å²) in [5.74, 6) is 0.758. The molecule has 0 aromatic carbocycles. The highest BCUT2D eigenvalue weighted by molar-refractivity contribution is 5.12. The van der Waals surface area contributed by atoms with Crippen molar-refractivity contribution in [2.24, 2.45) is 11.5 Å². The third-order valence-corrected chi connectivity index (χ3v) is 1.89. The molecule has 74 valence electrons. The first-order chi connectivity index (χ1) is 6.20. The average Bonchev–Trinajstić information content (AvgIpc) is 2.15. The van der Waals surface area contributed by atoms with Crippen LogP contribution in [0.2, 0.25) is 0 Å². The molecule has 0 amide bonds. The first-order valence-electron chi connectivity index (χ1n) is 4.42. The van der Waals surface area contributed by atoms with Crippen molar-refractivity contribution >= 4 is 0 Å². The van der Waals surface area contributed by atoms with Crippen LogP contribution < -0.4 is 11.5 Å². The minimum absolute atomic E-state index is 0.750. The summed E-state index contributed by atoms with van der Waals surface area (Å²) >= 11 is 0. The van der Waals surface area contributed by atoms with E-state index >= 15 is 0 Å². The SMILES string of the molecule is C/C(N)=C/C=C(\N)N1CCOCC1. The number of hydrogen-bond acceptors (Lipinski definition) is 4. The summed E-state index contributed by atoms with van der Waals surface area (Å²) in [7, 11) is 0. The molecule has 0 bridgehead atoms. The molecule has 1 aliphatic rings. The van der Waals surface area contributed by atoms with Gasteiger partial charge in [0, 0.05) is 18.8 Å². The molecule has 1 rings (SSSR count). The summed E-state index contributed by atoms with van der Waals surface area (Å²) in [4.78, 5) is 2.09. The molecule has 1 aliphatic heterocycles. The standard InChI is InChI=1S/C9H17N3O/c1-8(10)2-3-9(11)12-4-6-13-7-5-12/h2-3H,4-7,10-11H2,1H3/b8-2-,9-3+. The molecule has 0 aliphatic carbocycles. The minimum atomic E-state index is 0.750. The maximum Gasteiger partial charge on any atom is 0.0988 e. The Kier molecular flexibility index (Phi) is 3.64. The number of ether oxygens (including phenoxy) is 1. The molecule has 0 spiro atoms. The summed E-state index contributed by atoms with van der Waals surface area (Å²) < 4.78 is 5.21. The zero-order valence-corrected chi connectivity index (χ0v) is 7.99. The predicted molar refractivity (Wildman–Crippen MR) is 52.6 cm³/mol. The molecule has 0 aromatic rings. The summed E-state index contributed by atoms with van der Waals surface area (Å²) in [5, 5.41) is 0. The van der Waals surface area contributed by atoms with Crippen LogP contribution in [0.15, 0.2) is 23.7 Å². The van der Waals surface area contributed by atoms with Crippen LogP contribution >= 0.6 is 0 Å². The van der Waals surface area contributed by atoms with E-state index in [9.17, 15) is 0 Å². The lowest BCUT2D eigenvalue weighted by atomic mass is 10.3. The van der Waals surface area contributed by atoms with Gasteiger partial charge in [0.1, 0.15) is 0 Å². The fourth-order valence-electron chi connectivity index (χ4n) is 1.14. The second kappa shape index (κ2) is 4.77. The van der Waals surface area contributed by atoms with E-state index < -0.39 is 0 Å². The summed E-state index contributed by atoms with van der Waals surface area (Å²) in [6.45, 7) is 5.06. The van der Waals surface area contributed by atoms with Gasteiger partial charge in [0.15, 0.2) is 0 Å². The topological polar surface area (TPSA) is 64.5 Å². The van der Waals surface area contributed by atoms with Gasteiger partial charge in [-0.25, -0.2) is 0 Å². The molecule has 1 fully saturated rings. The predicted octanol–water partition coefficient (Wildman–Crippen LogP) is -0.0188. The maximum atomic E-state index is 5.83. The smallest absolute Gasteiger partial charge is 0.0988 e. The maximum absolute atomic E-state index is 5.83. The van der Waals surface area contributed by atoms with Gasteiger partial charge in [-0.15, -0.1) is 0 Å². The molecule has 1 heterocycles. The van der Waals surface area contributed by atoms with Gasteiger partial charge in [-0.3, -0.25) is 0 Å². The van der Waals surface area contributed by atoms with Crippen molar-refractivity contribution in [3.05, 3.63) is 23.7 Å². The Morgan fingerprint density at radius 3 is 2.38 bits per heavy atom. The van der Waals surface area contributed by atoms with Gasteiger partial charge in [0.05, 0.1) is 19.0 Å². The van der Waals surface area contributed by atoms with Gasteiger partial charge in [-0.05, 0) is 19.1 Å². The zero-order chi connectivity index (χ0) is 9.68. The molecule has 0 saturated carbocycles. The lowest BCUT2D eigenvalue weighted by Crippen LogP contribution is -2.38. The van der Waals surface area contributed by atoms with Gasteiger partial charge < -0.3 is 21.1 Å². The molecule has 4 heteroatoms. The van der Waals surface area contributed by atoms with Crippen LogP contribution in [-0.4, -0.2) is 31.2 Å². The second-order valence-electron chi connectivity index (χ2n) is 3.10. The Balaban J connectivity index is 2.49. The van der Waals surface area contributed by atoms with Crippen LogP contribution in [0.25, 0.3) is 0 Å². The van der Waals surface area contributed by atoms with Crippen molar-refractivity contribution in [1.82, 2.24) is 4.90 Å². The lowest BCUT2D eigenvalue weighted by molar-refractivity contribution is 0.0530. The first-order valence-corrected chi connectivity index (χ1v) is 4.42. The van der Waals surface area contributed by atoms with E-state index in [1.54, 1.807) is 0 Å².